The second kappa shape index (κ2) is 7.71. The number of esters is 1. The van der Waals surface area contributed by atoms with Gasteiger partial charge in [-0.3, -0.25) is 4.79 Å². The molecule has 0 heterocycles. The molecular weight excluding hydrogens is 230 g/mol. The monoisotopic (exact) mass is 251 g/mol. The number of carbonyl (C=O) groups excluding carboxylic acids is 1. The van der Waals surface area contributed by atoms with Gasteiger partial charge in [0.05, 0.1) is 13.7 Å². The smallest absolute Gasteiger partial charge is 0.322 e. The summed E-state index contributed by atoms with van der Waals surface area (Å²) in [6.45, 7) is 5.19. The second-order valence-corrected chi connectivity index (χ2v) is 4.08. The fraction of sp³-hybridized carbons (Fsp3) is 0.500. The molecule has 1 aromatic rings. The molecule has 1 N–H and O–H groups in total. The summed E-state index contributed by atoms with van der Waals surface area (Å²) >= 11 is 0. The van der Waals surface area contributed by atoms with Gasteiger partial charge in [-0.05, 0) is 25.6 Å². The number of ether oxygens (including phenoxy) is 2. The van der Waals surface area contributed by atoms with Crippen molar-refractivity contribution in [3.05, 3.63) is 29.8 Å². The lowest BCUT2D eigenvalue weighted by Crippen LogP contribution is -2.38. The molecule has 0 bridgehead atoms. The number of likely N-dealkylation sites (N-methyl/N-ethyl adjacent to an activating group) is 1. The summed E-state index contributed by atoms with van der Waals surface area (Å²) in [7, 11) is 1.40. The zero-order valence-corrected chi connectivity index (χ0v) is 11.2. The minimum atomic E-state index is -0.301. The molecule has 0 aliphatic rings. The molecule has 1 rings (SSSR count). The maximum Gasteiger partial charge on any atom is 0.322 e. The lowest BCUT2D eigenvalue weighted by atomic mass is 10.2. The van der Waals surface area contributed by atoms with Crippen LogP contribution in [0.5, 0.6) is 5.75 Å². The lowest BCUT2D eigenvalue weighted by Gasteiger charge is -2.15. The Labute approximate surface area is 108 Å². The first-order valence-electron chi connectivity index (χ1n) is 6.18. The highest BCUT2D eigenvalue weighted by atomic mass is 16.5. The van der Waals surface area contributed by atoms with E-state index in [2.05, 4.69) is 5.32 Å². The van der Waals surface area contributed by atoms with Crippen molar-refractivity contribution in [1.29, 1.82) is 0 Å². The average Bonchev–Trinajstić information content (AvgIpc) is 2.39. The van der Waals surface area contributed by atoms with E-state index in [-0.39, 0.29) is 12.0 Å². The van der Waals surface area contributed by atoms with E-state index in [1.165, 1.54) is 12.7 Å². The van der Waals surface area contributed by atoms with Crippen molar-refractivity contribution in [2.75, 3.05) is 20.3 Å². The van der Waals surface area contributed by atoms with E-state index in [4.69, 9.17) is 9.47 Å². The van der Waals surface area contributed by atoms with Crippen LogP contribution in [-0.2, 0) is 9.53 Å². The summed E-state index contributed by atoms with van der Waals surface area (Å²) in [6, 6.07) is 7.55. The molecule has 18 heavy (non-hydrogen) atoms. The molecule has 4 heteroatoms. The number of hydrogen-bond donors (Lipinski definition) is 1. The number of methoxy groups -OCH3 is 1. The molecule has 0 saturated heterocycles. The third kappa shape index (κ3) is 4.75. The van der Waals surface area contributed by atoms with Crippen molar-refractivity contribution >= 4 is 5.97 Å². The molecule has 0 saturated carbocycles. The highest BCUT2D eigenvalue weighted by molar-refractivity contribution is 5.75. The zero-order chi connectivity index (χ0) is 13.4. The summed E-state index contributed by atoms with van der Waals surface area (Å²) in [6.07, 6.45) is 0.592. The lowest BCUT2D eigenvalue weighted by molar-refractivity contribution is -0.143. The predicted octanol–water partition coefficient (Wildman–Crippen LogP) is 1.92. The zero-order valence-electron chi connectivity index (χ0n) is 11.2. The standard InChI is InChI=1S/C14H21NO3/c1-4-15-13(14(16)17-3)9-10-18-12-7-5-11(2)6-8-12/h5-8,13,15H,4,9-10H2,1-3H3. The van der Waals surface area contributed by atoms with Gasteiger partial charge in [-0.1, -0.05) is 24.6 Å². The maximum absolute atomic E-state index is 11.4. The molecule has 0 aromatic heterocycles. The highest BCUT2D eigenvalue weighted by Crippen LogP contribution is 2.11. The number of nitrogens with one attached hydrogen (secondary N) is 1. The van der Waals surface area contributed by atoms with Crippen molar-refractivity contribution in [1.82, 2.24) is 5.32 Å². The molecule has 1 atom stereocenters. The van der Waals surface area contributed by atoms with Crippen molar-refractivity contribution in [3.8, 4) is 5.75 Å². The van der Waals surface area contributed by atoms with Crippen molar-refractivity contribution in [3.63, 3.8) is 0 Å². The van der Waals surface area contributed by atoms with Crippen LogP contribution in [0.25, 0.3) is 0 Å². The van der Waals surface area contributed by atoms with E-state index < -0.39 is 0 Å². The van der Waals surface area contributed by atoms with E-state index in [9.17, 15) is 4.79 Å². The third-order valence-electron chi connectivity index (χ3n) is 2.63. The highest BCUT2D eigenvalue weighted by Gasteiger charge is 2.17. The summed E-state index contributed by atoms with van der Waals surface area (Å²) in [4.78, 5) is 11.4. The molecule has 1 aromatic carbocycles. The Balaban J connectivity index is 2.38. The fourth-order valence-corrected chi connectivity index (χ4v) is 1.62. The van der Waals surface area contributed by atoms with Crippen molar-refractivity contribution in [2.24, 2.45) is 0 Å². The van der Waals surface area contributed by atoms with Gasteiger partial charge in [0.2, 0.25) is 0 Å². The van der Waals surface area contributed by atoms with Gasteiger partial charge in [-0.15, -0.1) is 0 Å². The topological polar surface area (TPSA) is 47.6 Å². The van der Waals surface area contributed by atoms with Crippen LogP contribution in [0, 0.1) is 6.92 Å². The van der Waals surface area contributed by atoms with Crippen LogP contribution in [0.3, 0.4) is 0 Å². The largest absolute Gasteiger partial charge is 0.494 e. The third-order valence-corrected chi connectivity index (χ3v) is 2.63. The Hall–Kier alpha value is -1.55. The molecule has 0 amide bonds. The van der Waals surface area contributed by atoms with Crippen LogP contribution in [0.2, 0.25) is 0 Å². The number of rotatable bonds is 7. The van der Waals surface area contributed by atoms with Crippen LogP contribution in [0.4, 0.5) is 0 Å². The van der Waals surface area contributed by atoms with Crippen LogP contribution in [-0.4, -0.2) is 32.3 Å². The van der Waals surface area contributed by atoms with E-state index in [0.29, 0.717) is 13.0 Å². The summed E-state index contributed by atoms with van der Waals surface area (Å²) in [5.74, 6) is 0.574. The molecule has 0 spiro atoms. The summed E-state index contributed by atoms with van der Waals surface area (Å²) in [5.41, 5.74) is 1.20. The van der Waals surface area contributed by atoms with Gasteiger partial charge >= 0.3 is 5.97 Å². The molecule has 1 unspecified atom stereocenters. The van der Waals surface area contributed by atoms with Gasteiger partial charge in [0.1, 0.15) is 11.8 Å². The van der Waals surface area contributed by atoms with Crippen LogP contribution < -0.4 is 10.1 Å². The molecule has 0 fully saturated rings. The Morgan fingerprint density at radius 1 is 1.33 bits per heavy atom. The number of carbonyl (C=O) groups is 1. The first kappa shape index (κ1) is 14.5. The summed E-state index contributed by atoms with van der Waals surface area (Å²) < 4.78 is 10.3. The minimum Gasteiger partial charge on any atom is -0.494 e. The summed E-state index contributed by atoms with van der Waals surface area (Å²) in [5, 5.41) is 3.07. The average molecular weight is 251 g/mol. The molecule has 100 valence electrons. The number of hydrogen-bond acceptors (Lipinski definition) is 4. The quantitative estimate of drug-likeness (QED) is 0.752. The van der Waals surface area contributed by atoms with Crippen LogP contribution in [0.1, 0.15) is 18.9 Å². The molecule has 0 aliphatic heterocycles. The van der Waals surface area contributed by atoms with E-state index >= 15 is 0 Å². The van der Waals surface area contributed by atoms with Gasteiger partial charge in [-0.25, -0.2) is 0 Å². The molecule has 4 nitrogen and oxygen atoms in total. The minimum absolute atomic E-state index is 0.246. The first-order chi connectivity index (χ1) is 8.67. The van der Waals surface area contributed by atoms with E-state index in [1.54, 1.807) is 0 Å². The fourth-order valence-electron chi connectivity index (χ4n) is 1.62. The Bertz CT molecular complexity index is 362. The normalized spacial score (nSPS) is 11.9. The van der Waals surface area contributed by atoms with Crippen LogP contribution >= 0.6 is 0 Å². The van der Waals surface area contributed by atoms with Crippen LogP contribution in [0.15, 0.2) is 24.3 Å². The predicted molar refractivity (Wildman–Crippen MR) is 70.8 cm³/mol. The maximum atomic E-state index is 11.4. The SMILES string of the molecule is CCNC(CCOc1ccc(C)cc1)C(=O)OC. The number of benzene rings is 1. The number of aryl methyl sites for hydroxylation is 1. The Morgan fingerprint density at radius 2 is 2.00 bits per heavy atom. The Kier molecular flexibility index (Phi) is 6.22. The van der Waals surface area contributed by atoms with E-state index in [0.717, 1.165) is 12.3 Å². The molecule has 0 aliphatic carbocycles. The molecule has 0 radical (unpaired) electrons. The van der Waals surface area contributed by atoms with Crippen molar-refractivity contribution in [2.45, 2.75) is 26.3 Å². The first-order valence-corrected chi connectivity index (χ1v) is 6.18. The Morgan fingerprint density at radius 3 is 2.56 bits per heavy atom. The van der Waals surface area contributed by atoms with Gasteiger partial charge in [0, 0.05) is 6.42 Å². The van der Waals surface area contributed by atoms with Crippen molar-refractivity contribution < 1.29 is 14.3 Å². The van der Waals surface area contributed by atoms with E-state index in [1.807, 2.05) is 38.1 Å². The van der Waals surface area contributed by atoms with Gasteiger partial charge in [0.15, 0.2) is 0 Å². The van der Waals surface area contributed by atoms with Gasteiger partial charge < -0.3 is 14.8 Å². The molecular formula is C14H21NO3. The van der Waals surface area contributed by atoms with Gasteiger partial charge in [0.25, 0.3) is 0 Å². The second-order valence-electron chi connectivity index (χ2n) is 4.08. The van der Waals surface area contributed by atoms with Gasteiger partial charge in [-0.2, -0.15) is 0 Å².